The Morgan fingerprint density at radius 2 is 0.960 bits per heavy atom. The summed E-state index contributed by atoms with van der Waals surface area (Å²) in [5.74, 6) is 0. The second-order valence-electron chi connectivity index (χ2n) is 4.67. The van der Waals surface area contributed by atoms with Crippen LogP contribution in [0.3, 0.4) is 0 Å². The van der Waals surface area contributed by atoms with Gasteiger partial charge in [-0.1, -0.05) is 42.5 Å². The predicted molar refractivity (Wildman–Crippen MR) is 91.6 cm³/mol. The second kappa shape index (κ2) is 12.4. The predicted octanol–water partition coefficient (Wildman–Crippen LogP) is -1.41. The molecule has 1 aromatic heterocycles. The summed E-state index contributed by atoms with van der Waals surface area (Å²) in [5.41, 5.74) is 3.43. The van der Waals surface area contributed by atoms with Crippen molar-refractivity contribution in [2.45, 2.75) is 0 Å². The van der Waals surface area contributed by atoms with Gasteiger partial charge in [-0.05, 0) is 36.4 Å². The molecule has 0 aliphatic heterocycles. The number of halogens is 2. The average Bonchev–Trinajstić information content (AvgIpc) is 2.60. The van der Waals surface area contributed by atoms with Gasteiger partial charge in [0.05, 0.1) is 35.2 Å². The molecule has 0 saturated carbocycles. The fourth-order valence-electron chi connectivity index (χ4n) is 1.92. The molecule has 3 rings (SSSR count). The Morgan fingerprint density at radius 1 is 0.560 bits per heavy atom. The number of hydrogen-bond acceptors (Lipinski definition) is 3. The number of rotatable bonds is 4. The first-order valence-corrected chi connectivity index (χ1v) is 7.05. The van der Waals surface area contributed by atoms with Crippen molar-refractivity contribution in [3.63, 3.8) is 0 Å². The molecule has 25 heavy (non-hydrogen) atoms. The molecule has 0 saturated heterocycles. The molecule has 6 heteroatoms. The van der Waals surface area contributed by atoms with E-state index in [1.807, 2.05) is 78.9 Å². The first kappa shape index (κ1) is 23.0. The number of nitrogens with zero attached hydrogens (tertiary/aromatic N) is 3. The zero-order valence-corrected chi connectivity index (χ0v) is 15.7. The maximum atomic E-state index is 4.50. The molecule has 128 valence electrons. The van der Waals surface area contributed by atoms with E-state index in [9.17, 15) is 0 Å². The van der Waals surface area contributed by atoms with E-state index >= 15 is 0 Å². The van der Waals surface area contributed by atoms with E-state index in [0.29, 0.717) is 0 Å². The van der Waals surface area contributed by atoms with Crippen LogP contribution in [0.2, 0.25) is 0 Å². The first-order chi connectivity index (χ1) is 10.9. The summed E-state index contributed by atoms with van der Waals surface area (Å²) < 4.78 is 0. The van der Waals surface area contributed by atoms with Crippen LogP contribution in [0.25, 0.3) is 0 Å². The van der Waals surface area contributed by atoms with Gasteiger partial charge in [0, 0.05) is 0 Å². The van der Waals surface area contributed by atoms with Crippen LogP contribution in [-0.2, 0) is 17.1 Å². The second-order valence-corrected chi connectivity index (χ2v) is 4.67. The average molecular weight is 412 g/mol. The number of benzene rings is 2. The summed E-state index contributed by atoms with van der Waals surface area (Å²) in [6, 6.07) is 25.4. The summed E-state index contributed by atoms with van der Waals surface area (Å²) in [5, 5.41) is 0. The van der Waals surface area contributed by atoms with Crippen LogP contribution in [0.1, 0.15) is 11.4 Å². The Bertz CT molecular complexity index is 729. The molecule has 0 fully saturated rings. The molecule has 0 atom stereocenters. The Morgan fingerprint density at radius 3 is 1.36 bits per heavy atom. The molecule has 0 aliphatic carbocycles. The maximum absolute atomic E-state index is 4.50. The van der Waals surface area contributed by atoms with Crippen LogP contribution < -0.4 is 24.8 Å². The van der Waals surface area contributed by atoms with E-state index in [4.69, 9.17) is 0 Å². The van der Waals surface area contributed by atoms with Gasteiger partial charge < -0.3 is 24.8 Å². The molecule has 2 aromatic carbocycles. The Hall–Kier alpha value is -1.97. The van der Waals surface area contributed by atoms with E-state index in [-0.39, 0.29) is 41.9 Å². The van der Waals surface area contributed by atoms with Gasteiger partial charge in [0.1, 0.15) is 0 Å². The largest absolute Gasteiger partial charge is 2.00 e. The number of aromatic nitrogens is 1. The fourth-order valence-corrected chi connectivity index (χ4v) is 1.92. The van der Waals surface area contributed by atoms with Gasteiger partial charge in [-0.3, -0.25) is 9.98 Å². The molecule has 3 nitrogen and oxygen atoms in total. The van der Waals surface area contributed by atoms with Crippen molar-refractivity contribution in [2.24, 2.45) is 9.98 Å². The molecule has 0 radical (unpaired) electrons. The third-order valence-electron chi connectivity index (χ3n) is 3.00. The van der Waals surface area contributed by atoms with E-state index in [1.165, 1.54) is 0 Å². The zero-order valence-electron chi connectivity index (χ0n) is 13.1. The van der Waals surface area contributed by atoms with Crippen molar-refractivity contribution in [2.75, 3.05) is 0 Å². The van der Waals surface area contributed by atoms with Crippen molar-refractivity contribution < 1.29 is 41.9 Å². The SMILES string of the molecule is C(=Nc1ccccc1)c1cccc(C=Nc2ccccc2)n1.[Cl-].[Cl-].[Fe+2]. The van der Waals surface area contributed by atoms with Gasteiger partial charge in [-0.2, -0.15) is 0 Å². The third kappa shape index (κ3) is 7.63. The van der Waals surface area contributed by atoms with E-state index in [0.717, 1.165) is 22.8 Å². The smallest absolute Gasteiger partial charge is 1.00 e. The molecule has 1 heterocycles. The molecule has 0 unspecified atom stereocenters. The normalized spacial score (nSPS) is 9.92. The first-order valence-electron chi connectivity index (χ1n) is 7.05. The molecular formula is C19H15Cl2FeN3. The topological polar surface area (TPSA) is 37.6 Å². The van der Waals surface area contributed by atoms with Crippen molar-refractivity contribution in [3.05, 3.63) is 90.3 Å². The zero-order chi connectivity index (χ0) is 15.0. The van der Waals surface area contributed by atoms with Crippen LogP contribution >= 0.6 is 0 Å². The van der Waals surface area contributed by atoms with Crippen LogP contribution in [0.4, 0.5) is 11.4 Å². The van der Waals surface area contributed by atoms with Crippen LogP contribution in [0, 0.1) is 0 Å². The number of pyridine rings is 1. The van der Waals surface area contributed by atoms with Gasteiger partial charge in [0.2, 0.25) is 0 Å². The number of aliphatic imine (C=N–C) groups is 2. The van der Waals surface area contributed by atoms with E-state index < -0.39 is 0 Å². The molecule has 0 bridgehead atoms. The minimum atomic E-state index is 0. The minimum Gasteiger partial charge on any atom is -1.00 e. The molecule has 0 amide bonds. The van der Waals surface area contributed by atoms with E-state index in [1.54, 1.807) is 12.4 Å². The monoisotopic (exact) mass is 411 g/mol. The molecule has 0 aliphatic rings. The van der Waals surface area contributed by atoms with Crippen molar-refractivity contribution >= 4 is 23.8 Å². The molecular weight excluding hydrogens is 397 g/mol. The third-order valence-corrected chi connectivity index (χ3v) is 3.00. The fraction of sp³-hybridized carbons (Fsp3) is 0. The molecule has 0 spiro atoms. The standard InChI is InChI=1S/C19H15N3.2ClH.Fe/c1-3-8-16(9-4-1)20-14-18-12-7-13-19(22-18)15-21-17-10-5-2-6-11-17;;;/h1-15H;2*1H;/q;;;+2/p-2. The number of para-hydroxylation sites is 2. The van der Waals surface area contributed by atoms with Gasteiger partial charge >= 0.3 is 17.1 Å². The Balaban J connectivity index is 0.00000192. The van der Waals surface area contributed by atoms with Crippen molar-refractivity contribution in [1.29, 1.82) is 0 Å². The quantitative estimate of drug-likeness (QED) is 0.384. The van der Waals surface area contributed by atoms with Gasteiger partial charge in [-0.15, -0.1) is 0 Å². The maximum Gasteiger partial charge on any atom is 2.00 e. The summed E-state index contributed by atoms with van der Waals surface area (Å²) in [6.45, 7) is 0. The van der Waals surface area contributed by atoms with Crippen molar-refractivity contribution in [1.82, 2.24) is 4.98 Å². The Kier molecular flexibility index (Phi) is 11.4. The Labute approximate surface area is 170 Å². The van der Waals surface area contributed by atoms with Gasteiger partial charge in [-0.25, -0.2) is 4.98 Å². The summed E-state index contributed by atoms with van der Waals surface area (Å²) in [7, 11) is 0. The summed E-state index contributed by atoms with van der Waals surface area (Å²) in [6.07, 6.45) is 3.52. The minimum absolute atomic E-state index is 0. The summed E-state index contributed by atoms with van der Waals surface area (Å²) in [4.78, 5) is 13.3. The van der Waals surface area contributed by atoms with Gasteiger partial charge in [0.25, 0.3) is 0 Å². The van der Waals surface area contributed by atoms with Crippen LogP contribution in [0.15, 0.2) is 88.8 Å². The van der Waals surface area contributed by atoms with E-state index in [2.05, 4.69) is 15.0 Å². The van der Waals surface area contributed by atoms with Crippen LogP contribution in [-0.4, -0.2) is 17.4 Å². The van der Waals surface area contributed by atoms with Crippen LogP contribution in [0.5, 0.6) is 0 Å². The van der Waals surface area contributed by atoms with Gasteiger partial charge in [0.15, 0.2) is 0 Å². The summed E-state index contributed by atoms with van der Waals surface area (Å²) >= 11 is 0. The van der Waals surface area contributed by atoms with Crippen molar-refractivity contribution in [3.8, 4) is 0 Å². The molecule has 3 aromatic rings. The molecule has 0 N–H and O–H groups in total. The number of hydrogen-bond donors (Lipinski definition) is 0.